The second-order valence-corrected chi connectivity index (χ2v) is 6.51. The summed E-state index contributed by atoms with van der Waals surface area (Å²) in [6.07, 6.45) is 1.26. The van der Waals surface area contributed by atoms with E-state index >= 15 is 0 Å². The van der Waals surface area contributed by atoms with Crippen LogP contribution in [0.3, 0.4) is 0 Å². The highest BCUT2D eigenvalue weighted by atomic mass is 16.5. The summed E-state index contributed by atoms with van der Waals surface area (Å²) in [5.74, 6) is 1.18. The van der Waals surface area contributed by atoms with E-state index in [0.717, 1.165) is 29.8 Å². The van der Waals surface area contributed by atoms with E-state index in [9.17, 15) is 9.90 Å². The molecule has 2 aliphatic heterocycles. The van der Waals surface area contributed by atoms with Crippen molar-refractivity contribution in [3.8, 4) is 5.75 Å². The van der Waals surface area contributed by atoms with Crippen molar-refractivity contribution in [2.75, 3.05) is 26.2 Å². The largest absolute Gasteiger partial charge is 0.494 e. The first kappa shape index (κ1) is 16.3. The number of nitrogens with one attached hydrogen (secondary N) is 1. The molecule has 0 aliphatic carbocycles. The summed E-state index contributed by atoms with van der Waals surface area (Å²) in [4.78, 5) is 14.6. The molecule has 1 aromatic carbocycles. The van der Waals surface area contributed by atoms with E-state index < -0.39 is 0 Å². The average Bonchev–Trinajstić information content (AvgIpc) is 3.18. The lowest BCUT2D eigenvalue weighted by molar-refractivity contribution is -0.132. The van der Waals surface area contributed by atoms with Crippen LogP contribution < -0.4 is 10.1 Å². The van der Waals surface area contributed by atoms with E-state index in [1.165, 1.54) is 0 Å². The van der Waals surface area contributed by atoms with Gasteiger partial charge in [-0.25, -0.2) is 0 Å². The zero-order valence-corrected chi connectivity index (χ0v) is 13.9. The third-order valence-electron chi connectivity index (χ3n) is 4.90. The first-order valence-electron chi connectivity index (χ1n) is 8.53. The van der Waals surface area contributed by atoms with E-state index in [2.05, 4.69) is 23.5 Å². The SMILES string of the molecule is CCOc1cc(C2CCN[C@H]2C(=O)N2CCC(O)C2)ccc1C. The fourth-order valence-electron chi connectivity index (χ4n) is 3.62. The number of amides is 1. The molecule has 0 bridgehead atoms. The Morgan fingerprint density at radius 1 is 1.43 bits per heavy atom. The van der Waals surface area contributed by atoms with Crippen LogP contribution in [-0.2, 0) is 4.79 Å². The number of ether oxygens (including phenoxy) is 1. The van der Waals surface area contributed by atoms with Crippen LogP contribution in [0.2, 0.25) is 0 Å². The molecule has 23 heavy (non-hydrogen) atoms. The van der Waals surface area contributed by atoms with Crippen molar-refractivity contribution < 1.29 is 14.6 Å². The Labute approximate surface area is 137 Å². The van der Waals surface area contributed by atoms with Crippen molar-refractivity contribution in [2.24, 2.45) is 0 Å². The van der Waals surface area contributed by atoms with Gasteiger partial charge in [0.2, 0.25) is 5.91 Å². The molecule has 1 amide bonds. The van der Waals surface area contributed by atoms with Crippen molar-refractivity contribution in [1.29, 1.82) is 0 Å². The molecule has 5 heteroatoms. The highest BCUT2D eigenvalue weighted by Gasteiger charge is 2.38. The van der Waals surface area contributed by atoms with Crippen LogP contribution in [0, 0.1) is 6.92 Å². The van der Waals surface area contributed by atoms with Gasteiger partial charge in [0.05, 0.1) is 18.8 Å². The Hall–Kier alpha value is -1.59. The predicted molar refractivity (Wildman–Crippen MR) is 88.7 cm³/mol. The first-order chi connectivity index (χ1) is 11.1. The lowest BCUT2D eigenvalue weighted by Crippen LogP contribution is -2.45. The molecule has 0 spiro atoms. The zero-order chi connectivity index (χ0) is 16.4. The molecule has 5 nitrogen and oxygen atoms in total. The van der Waals surface area contributed by atoms with E-state index in [1.807, 2.05) is 13.8 Å². The lowest BCUT2D eigenvalue weighted by atomic mass is 9.90. The number of rotatable bonds is 4. The molecule has 2 heterocycles. The van der Waals surface area contributed by atoms with E-state index in [1.54, 1.807) is 4.90 Å². The molecular formula is C18H26N2O3. The van der Waals surface area contributed by atoms with E-state index in [0.29, 0.717) is 26.1 Å². The first-order valence-corrected chi connectivity index (χ1v) is 8.53. The Bertz CT molecular complexity index is 575. The highest BCUT2D eigenvalue weighted by molar-refractivity contribution is 5.84. The maximum absolute atomic E-state index is 12.8. The molecule has 2 N–H and O–H groups in total. The van der Waals surface area contributed by atoms with Crippen LogP contribution in [0.15, 0.2) is 18.2 Å². The van der Waals surface area contributed by atoms with Gasteiger partial charge < -0.3 is 20.1 Å². The summed E-state index contributed by atoms with van der Waals surface area (Å²) in [7, 11) is 0. The summed E-state index contributed by atoms with van der Waals surface area (Å²) >= 11 is 0. The molecular weight excluding hydrogens is 292 g/mol. The number of benzene rings is 1. The zero-order valence-electron chi connectivity index (χ0n) is 13.9. The van der Waals surface area contributed by atoms with Crippen molar-refractivity contribution in [3.05, 3.63) is 29.3 Å². The summed E-state index contributed by atoms with van der Waals surface area (Å²) < 4.78 is 5.70. The maximum Gasteiger partial charge on any atom is 0.240 e. The standard InChI is InChI=1S/C18H26N2O3/c1-3-23-16-10-13(5-4-12(16)2)15-6-8-19-17(15)18(22)20-9-7-14(21)11-20/h4-5,10,14-15,17,19,21H,3,6-9,11H2,1-2H3/t14?,15?,17-/m1/s1. The molecule has 2 aliphatic rings. The number of likely N-dealkylation sites (tertiary alicyclic amines) is 1. The summed E-state index contributed by atoms with van der Waals surface area (Å²) in [5, 5.41) is 13.0. The molecule has 3 atom stereocenters. The minimum absolute atomic E-state index is 0.114. The van der Waals surface area contributed by atoms with Gasteiger partial charge in [-0.2, -0.15) is 0 Å². The number of hydrogen-bond donors (Lipinski definition) is 2. The molecule has 0 radical (unpaired) electrons. The molecule has 1 aromatic rings. The van der Waals surface area contributed by atoms with Crippen LogP contribution in [0.4, 0.5) is 0 Å². The molecule has 126 valence electrons. The minimum atomic E-state index is -0.372. The van der Waals surface area contributed by atoms with Crippen LogP contribution in [-0.4, -0.2) is 54.3 Å². The Morgan fingerprint density at radius 2 is 2.26 bits per heavy atom. The van der Waals surface area contributed by atoms with Gasteiger partial charge in [-0.15, -0.1) is 0 Å². The van der Waals surface area contributed by atoms with Gasteiger partial charge in [0.1, 0.15) is 5.75 Å². The topological polar surface area (TPSA) is 61.8 Å². The predicted octanol–water partition coefficient (Wildman–Crippen LogP) is 1.43. The highest BCUT2D eigenvalue weighted by Crippen LogP contribution is 2.33. The van der Waals surface area contributed by atoms with E-state index in [-0.39, 0.29) is 24.0 Å². The summed E-state index contributed by atoms with van der Waals surface area (Å²) in [5.41, 5.74) is 2.27. The fraction of sp³-hybridized carbons (Fsp3) is 0.611. The van der Waals surface area contributed by atoms with Gasteiger partial charge in [0, 0.05) is 19.0 Å². The minimum Gasteiger partial charge on any atom is -0.494 e. The quantitative estimate of drug-likeness (QED) is 0.882. The molecule has 0 saturated carbocycles. The van der Waals surface area contributed by atoms with Crippen molar-refractivity contribution in [1.82, 2.24) is 10.2 Å². The monoisotopic (exact) mass is 318 g/mol. The molecule has 0 aromatic heterocycles. The van der Waals surface area contributed by atoms with Crippen molar-refractivity contribution in [2.45, 2.75) is 44.8 Å². The summed E-state index contributed by atoms with van der Waals surface area (Å²) in [6, 6.07) is 6.06. The van der Waals surface area contributed by atoms with Gasteiger partial charge in [-0.05, 0) is 50.4 Å². The van der Waals surface area contributed by atoms with Gasteiger partial charge >= 0.3 is 0 Å². The third-order valence-corrected chi connectivity index (χ3v) is 4.90. The Morgan fingerprint density at radius 3 is 2.96 bits per heavy atom. The van der Waals surface area contributed by atoms with Crippen LogP contribution >= 0.6 is 0 Å². The molecule has 2 fully saturated rings. The van der Waals surface area contributed by atoms with Crippen LogP contribution in [0.1, 0.15) is 36.8 Å². The number of aliphatic hydroxyl groups is 1. The smallest absolute Gasteiger partial charge is 0.240 e. The number of carbonyl (C=O) groups excluding carboxylic acids is 1. The van der Waals surface area contributed by atoms with Crippen LogP contribution in [0.25, 0.3) is 0 Å². The summed E-state index contributed by atoms with van der Waals surface area (Å²) in [6.45, 7) is 6.62. The Balaban J connectivity index is 1.78. The number of β-amino-alcohol motifs (C(OH)–C–C–N with tert-alkyl or cyclic N) is 1. The molecule has 2 saturated heterocycles. The second kappa shape index (κ2) is 6.89. The van der Waals surface area contributed by atoms with E-state index in [4.69, 9.17) is 4.74 Å². The number of aryl methyl sites for hydroxylation is 1. The van der Waals surface area contributed by atoms with Crippen LogP contribution in [0.5, 0.6) is 5.75 Å². The molecule has 3 rings (SSSR count). The van der Waals surface area contributed by atoms with Gasteiger partial charge in [-0.1, -0.05) is 12.1 Å². The number of nitrogens with zero attached hydrogens (tertiary/aromatic N) is 1. The molecule has 2 unspecified atom stereocenters. The fourth-order valence-corrected chi connectivity index (χ4v) is 3.62. The normalized spacial score (nSPS) is 27.4. The average molecular weight is 318 g/mol. The number of hydrogen-bond acceptors (Lipinski definition) is 4. The second-order valence-electron chi connectivity index (χ2n) is 6.51. The van der Waals surface area contributed by atoms with Crippen molar-refractivity contribution in [3.63, 3.8) is 0 Å². The van der Waals surface area contributed by atoms with Crippen molar-refractivity contribution >= 4 is 5.91 Å². The lowest BCUT2D eigenvalue weighted by Gasteiger charge is -2.25. The van der Waals surface area contributed by atoms with Gasteiger partial charge in [-0.3, -0.25) is 4.79 Å². The maximum atomic E-state index is 12.8. The Kier molecular flexibility index (Phi) is 4.87. The van der Waals surface area contributed by atoms with Gasteiger partial charge in [0.25, 0.3) is 0 Å². The van der Waals surface area contributed by atoms with Gasteiger partial charge in [0.15, 0.2) is 0 Å². The number of aliphatic hydroxyl groups excluding tert-OH is 1. The number of carbonyl (C=O) groups is 1. The third kappa shape index (κ3) is 3.35.